The molecular formula is C24H24N4O2S. The molecule has 0 unspecified atom stereocenters. The third-order valence-electron chi connectivity index (χ3n) is 4.86. The number of anilines is 2. The molecule has 31 heavy (non-hydrogen) atoms. The van der Waals surface area contributed by atoms with Crippen LogP contribution in [0.25, 0.3) is 21.3 Å². The van der Waals surface area contributed by atoms with Crippen molar-refractivity contribution in [3.8, 4) is 16.2 Å². The molecule has 4 N–H and O–H groups in total. The van der Waals surface area contributed by atoms with E-state index in [1.54, 1.807) is 23.6 Å². The topological polar surface area (TPSA) is 89.3 Å². The first-order valence-corrected chi connectivity index (χ1v) is 10.9. The molecule has 0 bridgehead atoms. The van der Waals surface area contributed by atoms with Gasteiger partial charge >= 0.3 is 0 Å². The minimum atomic E-state index is -0.253. The SMILES string of the molecule is CNCCCOc1ccc2cc(C(=O)Nc3cc(-c4cccs4)ccc3N)cnc2c1. The highest BCUT2D eigenvalue weighted by atomic mass is 32.1. The van der Waals surface area contributed by atoms with Crippen molar-refractivity contribution in [2.24, 2.45) is 0 Å². The lowest BCUT2D eigenvalue weighted by Crippen LogP contribution is -2.13. The highest BCUT2D eigenvalue weighted by molar-refractivity contribution is 7.13. The molecule has 0 atom stereocenters. The average Bonchev–Trinajstić information content (AvgIpc) is 3.33. The van der Waals surface area contributed by atoms with E-state index in [0.717, 1.165) is 40.1 Å². The summed E-state index contributed by atoms with van der Waals surface area (Å²) in [6.45, 7) is 1.55. The van der Waals surface area contributed by atoms with E-state index in [2.05, 4.69) is 15.6 Å². The van der Waals surface area contributed by atoms with Crippen LogP contribution in [0, 0.1) is 0 Å². The number of nitrogen functional groups attached to an aromatic ring is 1. The number of hydrogen-bond acceptors (Lipinski definition) is 6. The Morgan fingerprint density at radius 3 is 2.87 bits per heavy atom. The number of benzene rings is 2. The molecular weight excluding hydrogens is 408 g/mol. The molecule has 4 rings (SSSR count). The fourth-order valence-corrected chi connectivity index (χ4v) is 3.93. The van der Waals surface area contributed by atoms with Gasteiger partial charge in [-0.3, -0.25) is 9.78 Å². The fourth-order valence-electron chi connectivity index (χ4n) is 3.21. The zero-order valence-corrected chi connectivity index (χ0v) is 18.0. The minimum absolute atomic E-state index is 0.253. The molecule has 6 nitrogen and oxygen atoms in total. The average molecular weight is 433 g/mol. The van der Waals surface area contributed by atoms with E-state index in [-0.39, 0.29) is 5.91 Å². The third kappa shape index (κ3) is 5.02. The Morgan fingerprint density at radius 2 is 2.06 bits per heavy atom. The largest absolute Gasteiger partial charge is 0.493 e. The van der Waals surface area contributed by atoms with Crippen LogP contribution in [-0.2, 0) is 0 Å². The Morgan fingerprint density at radius 1 is 1.16 bits per heavy atom. The summed E-state index contributed by atoms with van der Waals surface area (Å²) in [6, 6.07) is 17.2. The summed E-state index contributed by atoms with van der Waals surface area (Å²) < 4.78 is 5.76. The van der Waals surface area contributed by atoms with Gasteiger partial charge in [0.25, 0.3) is 5.91 Å². The highest BCUT2D eigenvalue weighted by Crippen LogP contribution is 2.30. The van der Waals surface area contributed by atoms with Crippen molar-refractivity contribution in [1.82, 2.24) is 10.3 Å². The van der Waals surface area contributed by atoms with Gasteiger partial charge in [-0.1, -0.05) is 12.1 Å². The van der Waals surface area contributed by atoms with Crippen LogP contribution in [0.5, 0.6) is 5.75 Å². The van der Waals surface area contributed by atoms with Gasteiger partial charge in [0.15, 0.2) is 0 Å². The number of hydrogen-bond donors (Lipinski definition) is 3. The van der Waals surface area contributed by atoms with Gasteiger partial charge in [-0.2, -0.15) is 0 Å². The van der Waals surface area contributed by atoms with E-state index >= 15 is 0 Å². The van der Waals surface area contributed by atoms with Gasteiger partial charge in [0.05, 0.1) is 29.1 Å². The van der Waals surface area contributed by atoms with Crippen molar-refractivity contribution in [3.63, 3.8) is 0 Å². The molecule has 0 spiro atoms. The van der Waals surface area contributed by atoms with Crippen molar-refractivity contribution in [2.45, 2.75) is 6.42 Å². The Bertz CT molecular complexity index is 1190. The highest BCUT2D eigenvalue weighted by Gasteiger charge is 2.12. The first-order valence-electron chi connectivity index (χ1n) is 10.1. The number of carbonyl (C=O) groups is 1. The molecule has 7 heteroatoms. The number of fused-ring (bicyclic) bond motifs is 1. The summed E-state index contributed by atoms with van der Waals surface area (Å²) in [4.78, 5) is 18.4. The second-order valence-corrected chi connectivity index (χ2v) is 8.07. The summed E-state index contributed by atoms with van der Waals surface area (Å²) in [5, 5.41) is 8.90. The molecule has 0 saturated heterocycles. The van der Waals surface area contributed by atoms with Gasteiger partial charge < -0.3 is 21.1 Å². The first kappa shape index (κ1) is 20.8. The summed E-state index contributed by atoms with van der Waals surface area (Å²) in [5.74, 6) is 0.517. The third-order valence-corrected chi connectivity index (χ3v) is 5.78. The fraction of sp³-hybridized carbons (Fsp3) is 0.167. The van der Waals surface area contributed by atoms with E-state index in [1.165, 1.54) is 0 Å². The van der Waals surface area contributed by atoms with Gasteiger partial charge in [0.2, 0.25) is 0 Å². The summed E-state index contributed by atoms with van der Waals surface area (Å²) in [7, 11) is 1.92. The van der Waals surface area contributed by atoms with Crippen LogP contribution in [0.3, 0.4) is 0 Å². The van der Waals surface area contributed by atoms with Crippen molar-refractivity contribution < 1.29 is 9.53 Å². The zero-order valence-electron chi connectivity index (χ0n) is 17.2. The number of pyridine rings is 1. The summed E-state index contributed by atoms with van der Waals surface area (Å²) in [5.41, 5.74) is 9.45. The smallest absolute Gasteiger partial charge is 0.257 e. The van der Waals surface area contributed by atoms with E-state index in [4.69, 9.17) is 10.5 Å². The van der Waals surface area contributed by atoms with E-state index in [9.17, 15) is 4.79 Å². The van der Waals surface area contributed by atoms with Crippen LogP contribution in [0.4, 0.5) is 11.4 Å². The van der Waals surface area contributed by atoms with E-state index in [0.29, 0.717) is 23.5 Å². The predicted octanol–water partition coefficient (Wildman–Crippen LogP) is 4.79. The number of nitrogens with two attached hydrogens (primary N) is 1. The lowest BCUT2D eigenvalue weighted by atomic mass is 10.1. The van der Waals surface area contributed by atoms with Crippen molar-refractivity contribution >= 4 is 39.5 Å². The number of nitrogens with zero attached hydrogens (tertiary/aromatic N) is 1. The van der Waals surface area contributed by atoms with Crippen molar-refractivity contribution in [1.29, 1.82) is 0 Å². The van der Waals surface area contributed by atoms with Gasteiger partial charge in [-0.15, -0.1) is 11.3 Å². The van der Waals surface area contributed by atoms with Crippen LogP contribution in [0.15, 0.2) is 66.2 Å². The Kier molecular flexibility index (Phi) is 6.45. The van der Waals surface area contributed by atoms with Crippen LogP contribution in [-0.4, -0.2) is 31.1 Å². The van der Waals surface area contributed by atoms with Gasteiger partial charge in [-0.05, 0) is 67.4 Å². The number of nitrogens with one attached hydrogen (secondary N) is 2. The van der Waals surface area contributed by atoms with Crippen molar-refractivity contribution in [3.05, 3.63) is 71.7 Å². The molecule has 0 fully saturated rings. The predicted molar refractivity (Wildman–Crippen MR) is 128 cm³/mol. The number of thiophene rings is 1. The molecule has 0 radical (unpaired) electrons. The molecule has 0 aliphatic heterocycles. The number of amides is 1. The maximum Gasteiger partial charge on any atom is 0.257 e. The summed E-state index contributed by atoms with van der Waals surface area (Å²) in [6.07, 6.45) is 2.50. The van der Waals surface area contributed by atoms with E-state index < -0.39 is 0 Å². The minimum Gasteiger partial charge on any atom is -0.493 e. The maximum atomic E-state index is 12.8. The number of rotatable bonds is 8. The standard InChI is InChI=1S/C24H24N4O2S/c1-26-9-3-10-30-19-7-5-16-12-18(15-27-21(16)14-19)24(29)28-22-13-17(6-8-20(22)25)23-4-2-11-31-23/h2,4-8,11-15,26H,3,9-10,25H2,1H3,(H,28,29). The van der Waals surface area contributed by atoms with Crippen LogP contribution in [0.1, 0.15) is 16.8 Å². The first-order chi connectivity index (χ1) is 15.1. The molecule has 2 aromatic heterocycles. The van der Waals surface area contributed by atoms with Crippen LogP contribution in [0.2, 0.25) is 0 Å². The monoisotopic (exact) mass is 432 g/mol. The molecule has 158 valence electrons. The maximum absolute atomic E-state index is 12.8. The van der Waals surface area contributed by atoms with Crippen molar-refractivity contribution in [2.75, 3.05) is 31.2 Å². The van der Waals surface area contributed by atoms with Crippen LogP contribution < -0.4 is 21.1 Å². The molecule has 2 aromatic carbocycles. The van der Waals surface area contributed by atoms with Crippen LogP contribution >= 0.6 is 11.3 Å². The quantitative estimate of drug-likeness (QED) is 0.275. The van der Waals surface area contributed by atoms with E-state index in [1.807, 2.05) is 61.0 Å². The van der Waals surface area contributed by atoms with Gasteiger partial charge in [0, 0.05) is 22.5 Å². The normalized spacial score (nSPS) is 10.9. The number of carbonyl (C=O) groups excluding carboxylic acids is 1. The molecule has 1 amide bonds. The Labute approximate surface area is 185 Å². The summed E-state index contributed by atoms with van der Waals surface area (Å²) >= 11 is 1.64. The lowest BCUT2D eigenvalue weighted by Gasteiger charge is -2.11. The van der Waals surface area contributed by atoms with Gasteiger partial charge in [-0.25, -0.2) is 0 Å². The van der Waals surface area contributed by atoms with Gasteiger partial charge in [0.1, 0.15) is 5.75 Å². The zero-order chi connectivity index (χ0) is 21.6. The molecule has 0 aliphatic carbocycles. The Balaban J connectivity index is 1.50. The molecule has 4 aromatic rings. The second-order valence-electron chi connectivity index (χ2n) is 7.12. The number of ether oxygens (including phenoxy) is 1. The molecule has 0 aliphatic rings. The molecule has 2 heterocycles. The molecule has 0 saturated carbocycles. The second kappa shape index (κ2) is 9.59. The Hall–Kier alpha value is -3.42. The number of aromatic nitrogens is 1. The lowest BCUT2D eigenvalue weighted by molar-refractivity contribution is 0.102.